The molecule has 94 valence electrons. The Labute approximate surface area is 110 Å². The molecule has 1 aromatic heterocycles. The Kier molecular flexibility index (Phi) is 4.17. The van der Waals surface area contributed by atoms with Crippen LogP contribution in [-0.4, -0.2) is 16.1 Å². The molecule has 0 aliphatic carbocycles. The van der Waals surface area contributed by atoms with Gasteiger partial charge in [0.1, 0.15) is 0 Å². The molecule has 1 atom stereocenters. The lowest BCUT2D eigenvalue weighted by Crippen LogP contribution is -2.10. The molecule has 6 nitrogen and oxygen atoms in total. The van der Waals surface area contributed by atoms with E-state index < -0.39 is 0 Å². The number of aromatic nitrogens is 2. The molecule has 0 bridgehead atoms. The van der Waals surface area contributed by atoms with E-state index >= 15 is 0 Å². The molecule has 0 spiro atoms. The van der Waals surface area contributed by atoms with Gasteiger partial charge in [-0.1, -0.05) is 17.2 Å². The maximum absolute atomic E-state index is 8.80. The summed E-state index contributed by atoms with van der Waals surface area (Å²) in [4.78, 5) is 6.80. The quantitative estimate of drug-likeness (QED) is 0.465. The van der Waals surface area contributed by atoms with Crippen LogP contribution in [0.5, 0.6) is 0 Å². The minimum Gasteiger partial charge on any atom is -0.330 e. The number of nitrogens with zero attached hydrogens (tertiary/aromatic N) is 6. The van der Waals surface area contributed by atoms with Crippen molar-refractivity contribution >= 4 is 0 Å². The fourth-order valence-electron chi connectivity index (χ4n) is 1.95. The molecule has 0 saturated heterocycles. The molecule has 0 amide bonds. The summed E-state index contributed by atoms with van der Waals surface area (Å²) in [7, 11) is 0. The minimum absolute atomic E-state index is 0.0562. The second kappa shape index (κ2) is 6.24. The van der Waals surface area contributed by atoms with Gasteiger partial charge in [-0.15, -0.1) is 0 Å². The molecule has 0 aliphatic rings. The number of hydrogen-bond donors (Lipinski definition) is 0. The van der Waals surface area contributed by atoms with Crippen molar-refractivity contribution in [2.75, 3.05) is 6.54 Å². The summed E-state index contributed by atoms with van der Waals surface area (Å²) in [6.45, 7) is 0.416. The maximum atomic E-state index is 8.80. The van der Waals surface area contributed by atoms with Crippen molar-refractivity contribution in [2.24, 2.45) is 5.11 Å². The van der Waals surface area contributed by atoms with Gasteiger partial charge in [-0.05, 0) is 29.6 Å². The van der Waals surface area contributed by atoms with Gasteiger partial charge in [-0.3, -0.25) is 0 Å². The van der Waals surface area contributed by atoms with Crippen LogP contribution in [0.4, 0.5) is 0 Å². The van der Waals surface area contributed by atoms with Crippen molar-refractivity contribution in [3.8, 4) is 6.07 Å². The van der Waals surface area contributed by atoms with Gasteiger partial charge in [0.05, 0.1) is 24.0 Å². The van der Waals surface area contributed by atoms with Gasteiger partial charge in [0.25, 0.3) is 0 Å². The van der Waals surface area contributed by atoms with E-state index in [9.17, 15) is 0 Å². The van der Waals surface area contributed by atoms with Crippen molar-refractivity contribution in [1.82, 2.24) is 9.55 Å². The average molecular weight is 252 g/mol. The molecule has 1 aromatic carbocycles. The molecule has 0 N–H and O–H groups in total. The zero-order valence-corrected chi connectivity index (χ0v) is 10.2. The highest BCUT2D eigenvalue weighted by Gasteiger charge is 2.12. The van der Waals surface area contributed by atoms with Crippen molar-refractivity contribution in [3.63, 3.8) is 0 Å². The Morgan fingerprint density at radius 2 is 2.21 bits per heavy atom. The molecule has 0 radical (unpaired) electrons. The summed E-state index contributed by atoms with van der Waals surface area (Å²) in [5.41, 5.74) is 10.0. The monoisotopic (exact) mass is 252 g/mol. The van der Waals surface area contributed by atoms with Crippen LogP contribution in [0.1, 0.15) is 23.6 Å². The summed E-state index contributed by atoms with van der Waals surface area (Å²) >= 11 is 0. The highest BCUT2D eigenvalue weighted by molar-refractivity contribution is 5.33. The summed E-state index contributed by atoms with van der Waals surface area (Å²) in [6, 6.07) is 9.55. The molecule has 19 heavy (non-hydrogen) atoms. The van der Waals surface area contributed by atoms with E-state index in [0.717, 1.165) is 5.56 Å². The Morgan fingerprint density at radius 3 is 2.79 bits per heavy atom. The molecule has 6 heteroatoms. The number of hydrogen-bond acceptors (Lipinski definition) is 3. The summed E-state index contributed by atoms with van der Waals surface area (Å²) in [5.74, 6) is 0. The number of imidazole rings is 1. The van der Waals surface area contributed by atoms with Crippen LogP contribution in [0.25, 0.3) is 10.4 Å². The second-order valence-corrected chi connectivity index (χ2v) is 4.00. The topological polar surface area (TPSA) is 90.4 Å². The van der Waals surface area contributed by atoms with Crippen molar-refractivity contribution < 1.29 is 0 Å². The Bertz CT molecular complexity index is 602. The van der Waals surface area contributed by atoms with Crippen LogP contribution >= 0.6 is 0 Å². The molecule has 2 aromatic rings. The first-order valence-corrected chi connectivity index (χ1v) is 5.83. The lowest BCUT2D eigenvalue weighted by molar-refractivity contribution is 0.546. The van der Waals surface area contributed by atoms with E-state index in [1.807, 2.05) is 22.9 Å². The lowest BCUT2D eigenvalue weighted by Gasteiger charge is -2.18. The third-order valence-corrected chi connectivity index (χ3v) is 2.88. The van der Waals surface area contributed by atoms with Crippen molar-refractivity contribution in [1.29, 1.82) is 5.26 Å². The van der Waals surface area contributed by atoms with Gasteiger partial charge in [0, 0.05) is 23.9 Å². The smallest absolute Gasteiger partial charge is 0.0991 e. The van der Waals surface area contributed by atoms with Crippen LogP contribution in [0.2, 0.25) is 0 Å². The largest absolute Gasteiger partial charge is 0.330 e. The van der Waals surface area contributed by atoms with E-state index in [1.54, 1.807) is 24.7 Å². The SMILES string of the molecule is N#Cc1ccc(C(CCN=[N+]=[N-])n2ccnc2)cc1. The molecule has 1 unspecified atom stereocenters. The molecule has 2 rings (SSSR count). The zero-order chi connectivity index (χ0) is 13.5. The van der Waals surface area contributed by atoms with Crippen LogP contribution in [0.3, 0.4) is 0 Å². The average Bonchev–Trinajstić information content (AvgIpc) is 2.98. The van der Waals surface area contributed by atoms with Crippen LogP contribution in [0.15, 0.2) is 48.1 Å². The Morgan fingerprint density at radius 1 is 1.42 bits per heavy atom. The predicted octanol–water partition coefficient (Wildman–Crippen LogP) is 3.04. The highest BCUT2D eigenvalue weighted by atomic mass is 15.1. The van der Waals surface area contributed by atoms with Gasteiger partial charge >= 0.3 is 0 Å². The lowest BCUT2D eigenvalue weighted by atomic mass is 10.0. The Balaban J connectivity index is 2.25. The molecule has 1 heterocycles. The third-order valence-electron chi connectivity index (χ3n) is 2.88. The molecule has 0 fully saturated rings. The normalized spacial score (nSPS) is 11.3. The molecular weight excluding hydrogens is 240 g/mol. The first kappa shape index (κ1) is 12.7. The Hall–Kier alpha value is -2.77. The van der Waals surface area contributed by atoms with Crippen molar-refractivity contribution in [3.05, 3.63) is 64.6 Å². The minimum atomic E-state index is 0.0562. The van der Waals surface area contributed by atoms with Crippen molar-refractivity contribution in [2.45, 2.75) is 12.5 Å². The van der Waals surface area contributed by atoms with Gasteiger partial charge in [0.15, 0.2) is 0 Å². The van der Waals surface area contributed by atoms with E-state index in [0.29, 0.717) is 18.5 Å². The van der Waals surface area contributed by atoms with E-state index in [-0.39, 0.29) is 6.04 Å². The maximum Gasteiger partial charge on any atom is 0.0991 e. The van der Waals surface area contributed by atoms with E-state index in [2.05, 4.69) is 21.1 Å². The predicted molar refractivity (Wildman–Crippen MR) is 70.2 cm³/mol. The second-order valence-electron chi connectivity index (χ2n) is 4.00. The fraction of sp³-hybridized carbons (Fsp3) is 0.231. The summed E-state index contributed by atoms with van der Waals surface area (Å²) < 4.78 is 1.97. The van der Waals surface area contributed by atoms with E-state index in [4.69, 9.17) is 10.8 Å². The highest BCUT2D eigenvalue weighted by Crippen LogP contribution is 2.22. The number of nitriles is 1. The third kappa shape index (κ3) is 3.12. The fourth-order valence-corrected chi connectivity index (χ4v) is 1.95. The summed E-state index contributed by atoms with van der Waals surface area (Å²) in [5, 5.41) is 12.4. The van der Waals surface area contributed by atoms with Gasteiger partial charge < -0.3 is 4.57 Å². The zero-order valence-electron chi connectivity index (χ0n) is 10.2. The van der Waals surface area contributed by atoms with Crippen LogP contribution in [0, 0.1) is 11.3 Å². The molecule has 0 saturated carbocycles. The van der Waals surface area contributed by atoms with Gasteiger partial charge in [0.2, 0.25) is 0 Å². The first-order chi connectivity index (χ1) is 9.35. The number of azide groups is 1. The number of rotatable bonds is 5. The standard InChI is InChI=1S/C13H12N6/c14-9-11-1-3-12(4-2-11)13(5-6-17-18-15)19-8-7-16-10-19/h1-4,7-8,10,13H,5-6H2. The molecule has 0 aliphatic heterocycles. The summed E-state index contributed by atoms with van der Waals surface area (Å²) in [6.07, 6.45) is 6.01. The van der Waals surface area contributed by atoms with E-state index in [1.165, 1.54) is 0 Å². The van der Waals surface area contributed by atoms with Crippen LogP contribution in [-0.2, 0) is 0 Å². The van der Waals surface area contributed by atoms with Gasteiger partial charge in [-0.2, -0.15) is 5.26 Å². The number of benzene rings is 1. The van der Waals surface area contributed by atoms with Crippen LogP contribution < -0.4 is 0 Å². The van der Waals surface area contributed by atoms with Gasteiger partial charge in [-0.25, -0.2) is 4.98 Å². The molecular formula is C13H12N6. The first-order valence-electron chi connectivity index (χ1n) is 5.83.